The van der Waals surface area contributed by atoms with Gasteiger partial charge in [0, 0.05) is 4.88 Å². The summed E-state index contributed by atoms with van der Waals surface area (Å²) in [7, 11) is -2.38. The Morgan fingerprint density at radius 2 is 2.25 bits per heavy atom. The molecule has 0 unspecified atom stereocenters. The number of thiol groups is 1. The molecule has 0 aliphatic carbocycles. The van der Waals surface area contributed by atoms with Crippen LogP contribution in [0, 0.1) is 5.41 Å². The predicted octanol–water partition coefficient (Wildman–Crippen LogP) is 0.144. The van der Waals surface area contributed by atoms with Crippen molar-refractivity contribution in [3.8, 4) is 0 Å². The van der Waals surface area contributed by atoms with Crippen molar-refractivity contribution in [2.24, 2.45) is 5.73 Å². The van der Waals surface area contributed by atoms with Gasteiger partial charge in [0.25, 0.3) is 0 Å². The summed E-state index contributed by atoms with van der Waals surface area (Å²) in [5, 5.41) is 7.07. The average molecular weight is 204 g/mol. The van der Waals surface area contributed by atoms with Crippen molar-refractivity contribution in [3.05, 3.63) is 21.9 Å². The first-order valence-electron chi connectivity index (χ1n) is 3.14. The molecule has 0 saturated heterocycles. The lowest BCUT2D eigenvalue weighted by Gasteiger charge is -1.87. The van der Waals surface area contributed by atoms with E-state index >= 15 is 0 Å². The number of nitrogen functional groups attached to an aromatic ring is 1. The third kappa shape index (κ3) is 2.31. The largest absolute Gasteiger partial charge is 0.383 e. The smallest absolute Gasteiger partial charge is 0.145 e. The number of rotatable bonds is 3. The van der Waals surface area contributed by atoms with Crippen molar-refractivity contribution in [1.29, 1.82) is 5.41 Å². The van der Waals surface area contributed by atoms with Gasteiger partial charge in [0.05, 0.1) is 10.6 Å². The first-order valence-corrected chi connectivity index (χ1v) is 5.32. The van der Waals surface area contributed by atoms with E-state index in [0.29, 0.717) is 4.88 Å². The Hall–Kier alpha value is -0.880. The molecule has 6 heteroatoms. The highest BCUT2D eigenvalue weighted by Gasteiger charge is 2.02. The lowest BCUT2D eigenvalue weighted by atomic mass is 10.4. The normalized spacial score (nSPS) is 10.4. The molecule has 1 rings (SSSR count). The maximum Gasteiger partial charge on any atom is 0.145 e. The Bertz CT molecular complexity index is 359. The molecule has 0 radical (unpaired) electrons. The molecule has 0 spiro atoms. The lowest BCUT2D eigenvalue weighted by molar-refractivity contribution is 0.614. The second kappa shape index (κ2) is 3.68. The molecular formula is C6H8N2O2S2. The van der Waals surface area contributed by atoms with E-state index in [0.717, 1.165) is 4.88 Å². The minimum Gasteiger partial charge on any atom is -0.383 e. The zero-order valence-electron chi connectivity index (χ0n) is 6.11. The average Bonchev–Trinajstić information content (AvgIpc) is 2.34. The standard InChI is InChI=1S/C6H8N2O2S2/c7-6(8)5-2-1-4(11-5)3-12(9)10/h1-2,12H,3H2,(H3,7,8). The summed E-state index contributed by atoms with van der Waals surface area (Å²) in [5.74, 6) is 0.0141. The van der Waals surface area contributed by atoms with E-state index in [1.165, 1.54) is 11.3 Å². The Morgan fingerprint density at radius 3 is 2.67 bits per heavy atom. The van der Waals surface area contributed by atoms with Gasteiger partial charge in [-0.2, -0.15) is 0 Å². The molecule has 1 aromatic rings. The van der Waals surface area contributed by atoms with E-state index in [1.807, 2.05) is 0 Å². The third-order valence-corrected chi connectivity index (χ3v) is 3.14. The summed E-state index contributed by atoms with van der Waals surface area (Å²) >= 11 is 1.24. The van der Waals surface area contributed by atoms with Gasteiger partial charge in [-0.15, -0.1) is 11.3 Å². The fourth-order valence-electron chi connectivity index (χ4n) is 0.735. The topological polar surface area (TPSA) is 84.0 Å². The van der Waals surface area contributed by atoms with E-state index in [-0.39, 0.29) is 11.6 Å². The molecule has 0 saturated carbocycles. The first kappa shape index (κ1) is 9.21. The second-order valence-electron chi connectivity index (χ2n) is 2.17. The van der Waals surface area contributed by atoms with E-state index in [2.05, 4.69) is 0 Å². The minimum atomic E-state index is -2.38. The molecule has 3 N–H and O–H groups in total. The summed E-state index contributed by atoms with van der Waals surface area (Å²) in [6, 6.07) is 3.33. The highest BCUT2D eigenvalue weighted by molar-refractivity contribution is 7.71. The molecule has 0 aromatic carbocycles. The second-order valence-corrected chi connectivity index (χ2v) is 4.32. The molecular weight excluding hydrogens is 196 g/mol. The Balaban J connectivity index is 2.84. The Morgan fingerprint density at radius 1 is 1.58 bits per heavy atom. The van der Waals surface area contributed by atoms with Crippen LogP contribution in [0.25, 0.3) is 0 Å². The van der Waals surface area contributed by atoms with Gasteiger partial charge >= 0.3 is 0 Å². The molecule has 0 fully saturated rings. The molecule has 0 bridgehead atoms. The molecule has 1 aromatic heterocycles. The summed E-state index contributed by atoms with van der Waals surface area (Å²) in [6.45, 7) is 0. The molecule has 12 heavy (non-hydrogen) atoms. The SMILES string of the molecule is N=C(N)c1ccc(C[SH](=O)=O)s1. The van der Waals surface area contributed by atoms with Crippen molar-refractivity contribution in [3.63, 3.8) is 0 Å². The van der Waals surface area contributed by atoms with Gasteiger partial charge in [0.1, 0.15) is 16.5 Å². The van der Waals surface area contributed by atoms with Gasteiger partial charge < -0.3 is 5.73 Å². The fourth-order valence-corrected chi connectivity index (χ4v) is 2.33. The molecule has 0 aliphatic heterocycles. The van der Waals surface area contributed by atoms with Crippen molar-refractivity contribution < 1.29 is 8.42 Å². The molecule has 1 heterocycles. The lowest BCUT2D eigenvalue weighted by Crippen LogP contribution is -2.08. The maximum atomic E-state index is 10.3. The summed E-state index contributed by atoms with van der Waals surface area (Å²) in [5.41, 5.74) is 5.20. The van der Waals surface area contributed by atoms with Crippen LogP contribution < -0.4 is 5.73 Å². The molecule has 0 aliphatic rings. The monoisotopic (exact) mass is 204 g/mol. The van der Waals surface area contributed by atoms with E-state index < -0.39 is 10.7 Å². The zero-order chi connectivity index (χ0) is 9.14. The van der Waals surface area contributed by atoms with Gasteiger partial charge in [-0.05, 0) is 12.1 Å². The van der Waals surface area contributed by atoms with Crippen LogP contribution in [0.2, 0.25) is 0 Å². The van der Waals surface area contributed by atoms with Crippen molar-refractivity contribution in [2.75, 3.05) is 0 Å². The Labute approximate surface area is 75.5 Å². The number of amidine groups is 1. The maximum absolute atomic E-state index is 10.3. The Kier molecular flexibility index (Phi) is 2.83. The van der Waals surface area contributed by atoms with Crippen LogP contribution in [0.15, 0.2) is 12.1 Å². The number of thiophene rings is 1. The number of hydrogen-bond donors (Lipinski definition) is 3. The highest BCUT2D eigenvalue weighted by Crippen LogP contribution is 2.16. The van der Waals surface area contributed by atoms with Crippen LogP contribution in [0.3, 0.4) is 0 Å². The van der Waals surface area contributed by atoms with Crippen LogP contribution >= 0.6 is 11.3 Å². The van der Waals surface area contributed by atoms with Crippen molar-refractivity contribution in [2.45, 2.75) is 5.75 Å². The van der Waals surface area contributed by atoms with E-state index in [1.54, 1.807) is 12.1 Å². The third-order valence-electron chi connectivity index (χ3n) is 1.21. The highest BCUT2D eigenvalue weighted by atomic mass is 32.2. The number of nitrogens with two attached hydrogens (primary N) is 1. The predicted molar refractivity (Wildman–Crippen MR) is 49.4 cm³/mol. The van der Waals surface area contributed by atoms with Crippen LogP contribution in [-0.2, 0) is 16.5 Å². The molecule has 0 amide bonds. The van der Waals surface area contributed by atoms with Crippen LogP contribution in [0.4, 0.5) is 0 Å². The quantitative estimate of drug-likeness (QED) is 0.372. The zero-order valence-corrected chi connectivity index (χ0v) is 7.82. The summed E-state index contributed by atoms with van der Waals surface area (Å²) < 4.78 is 20.6. The fraction of sp³-hybridized carbons (Fsp3) is 0.167. The van der Waals surface area contributed by atoms with E-state index in [4.69, 9.17) is 11.1 Å². The number of hydrogen-bond acceptors (Lipinski definition) is 4. The molecule has 0 atom stereocenters. The van der Waals surface area contributed by atoms with Gasteiger partial charge in [0.2, 0.25) is 0 Å². The van der Waals surface area contributed by atoms with Gasteiger partial charge in [-0.1, -0.05) is 0 Å². The molecule has 66 valence electrons. The van der Waals surface area contributed by atoms with Gasteiger partial charge in [0.15, 0.2) is 0 Å². The summed E-state index contributed by atoms with van der Waals surface area (Å²) in [4.78, 5) is 1.33. The number of nitrogens with one attached hydrogen (secondary N) is 1. The van der Waals surface area contributed by atoms with Gasteiger partial charge in [-0.25, -0.2) is 8.42 Å². The van der Waals surface area contributed by atoms with E-state index in [9.17, 15) is 8.42 Å². The van der Waals surface area contributed by atoms with Crippen molar-refractivity contribution >= 4 is 27.9 Å². The van der Waals surface area contributed by atoms with Crippen LogP contribution in [-0.4, -0.2) is 14.3 Å². The van der Waals surface area contributed by atoms with Crippen molar-refractivity contribution in [1.82, 2.24) is 0 Å². The van der Waals surface area contributed by atoms with Crippen LogP contribution in [0.1, 0.15) is 9.75 Å². The molecule has 4 nitrogen and oxygen atoms in total. The summed E-state index contributed by atoms with van der Waals surface area (Å²) in [6.07, 6.45) is 0. The first-order chi connectivity index (χ1) is 5.59. The minimum absolute atomic E-state index is 0.0209. The van der Waals surface area contributed by atoms with Crippen LogP contribution in [0.5, 0.6) is 0 Å². The van der Waals surface area contributed by atoms with Gasteiger partial charge in [-0.3, -0.25) is 5.41 Å².